The Morgan fingerprint density at radius 2 is 2.05 bits per heavy atom. The van der Waals surface area contributed by atoms with E-state index in [4.69, 9.17) is 11.6 Å². The summed E-state index contributed by atoms with van der Waals surface area (Å²) in [5.74, 6) is 0.349. The van der Waals surface area contributed by atoms with Crippen molar-refractivity contribution in [1.29, 1.82) is 0 Å². The number of nitrogens with one attached hydrogen (secondary N) is 2. The molecule has 2 aromatic rings. The third kappa shape index (κ3) is 4.16. The van der Waals surface area contributed by atoms with Gasteiger partial charge in [0.1, 0.15) is 5.82 Å². The van der Waals surface area contributed by atoms with E-state index in [1.54, 1.807) is 24.3 Å². The smallest absolute Gasteiger partial charge is 0.276 e. The van der Waals surface area contributed by atoms with E-state index in [0.717, 1.165) is 18.5 Å². The number of hydrogen-bond acceptors (Lipinski definition) is 4. The molecule has 0 spiro atoms. The van der Waals surface area contributed by atoms with Crippen molar-refractivity contribution in [2.24, 2.45) is 0 Å². The predicted octanol–water partition coefficient (Wildman–Crippen LogP) is 3.51. The maximum absolute atomic E-state index is 12.1. The number of halogens is 1. The predicted molar refractivity (Wildman–Crippen MR) is 85.0 cm³/mol. The minimum Gasteiger partial charge on any atom is -0.369 e. The van der Waals surface area contributed by atoms with Crippen LogP contribution in [0.3, 0.4) is 0 Å². The van der Waals surface area contributed by atoms with E-state index in [2.05, 4.69) is 27.8 Å². The van der Waals surface area contributed by atoms with E-state index in [1.165, 1.54) is 0 Å². The molecule has 5 nitrogen and oxygen atoms in total. The number of rotatable bonds is 5. The van der Waals surface area contributed by atoms with Gasteiger partial charge in [-0.1, -0.05) is 24.6 Å². The van der Waals surface area contributed by atoms with Gasteiger partial charge in [-0.3, -0.25) is 4.79 Å². The molecule has 0 saturated carbocycles. The lowest BCUT2D eigenvalue weighted by Crippen LogP contribution is -2.15. The highest BCUT2D eigenvalue weighted by molar-refractivity contribution is 6.31. The molecule has 2 rings (SSSR count). The van der Waals surface area contributed by atoms with Crippen LogP contribution in [-0.4, -0.2) is 22.6 Å². The van der Waals surface area contributed by atoms with Gasteiger partial charge >= 0.3 is 0 Å². The van der Waals surface area contributed by atoms with Crippen molar-refractivity contribution in [3.05, 3.63) is 46.6 Å². The fraction of sp³-hybridized carbons (Fsp3) is 0.267. The highest BCUT2D eigenvalue weighted by atomic mass is 35.5. The van der Waals surface area contributed by atoms with Crippen LogP contribution >= 0.6 is 11.6 Å². The van der Waals surface area contributed by atoms with Crippen molar-refractivity contribution in [1.82, 2.24) is 10.2 Å². The molecular weight excluding hydrogens is 288 g/mol. The molecule has 0 aliphatic heterocycles. The lowest BCUT2D eigenvalue weighted by molar-refractivity contribution is 0.102. The molecule has 1 amide bonds. The maximum atomic E-state index is 12.1. The highest BCUT2D eigenvalue weighted by Gasteiger charge is 2.10. The molecule has 1 aromatic carbocycles. The minimum atomic E-state index is -0.310. The number of hydrogen-bond donors (Lipinski definition) is 2. The van der Waals surface area contributed by atoms with Crippen LogP contribution < -0.4 is 10.6 Å². The first-order chi connectivity index (χ1) is 10.1. The summed E-state index contributed by atoms with van der Waals surface area (Å²) in [6.07, 6.45) is 0.998. The second-order valence-corrected chi connectivity index (χ2v) is 5.08. The number of anilines is 2. The topological polar surface area (TPSA) is 66.9 Å². The standard InChI is InChI=1S/C15H17ClN4O/c1-3-8-17-14-7-6-12(19-20-14)15(21)18-13-9-11(16)5-4-10(13)2/h4-7,9H,3,8H2,1-2H3,(H,17,20)(H,18,21). The van der Waals surface area contributed by atoms with Crippen molar-refractivity contribution in [3.63, 3.8) is 0 Å². The summed E-state index contributed by atoms with van der Waals surface area (Å²) >= 11 is 5.93. The van der Waals surface area contributed by atoms with Gasteiger partial charge in [0.15, 0.2) is 5.69 Å². The summed E-state index contributed by atoms with van der Waals surface area (Å²) in [7, 11) is 0. The molecule has 1 heterocycles. The number of aryl methyl sites for hydroxylation is 1. The number of amides is 1. The fourth-order valence-corrected chi connectivity index (χ4v) is 1.89. The zero-order chi connectivity index (χ0) is 15.2. The zero-order valence-corrected chi connectivity index (χ0v) is 12.7. The van der Waals surface area contributed by atoms with E-state index in [1.807, 2.05) is 13.0 Å². The summed E-state index contributed by atoms with van der Waals surface area (Å²) in [4.78, 5) is 12.1. The number of benzene rings is 1. The monoisotopic (exact) mass is 304 g/mol. The van der Waals surface area contributed by atoms with Crippen LogP contribution in [0.1, 0.15) is 29.4 Å². The van der Waals surface area contributed by atoms with Gasteiger partial charge in [0, 0.05) is 17.3 Å². The molecule has 0 radical (unpaired) electrons. The van der Waals surface area contributed by atoms with Crippen molar-refractivity contribution in [3.8, 4) is 0 Å². The van der Waals surface area contributed by atoms with Gasteiger partial charge in [-0.05, 0) is 43.2 Å². The zero-order valence-electron chi connectivity index (χ0n) is 12.0. The van der Waals surface area contributed by atoms with E-state index in [9.17, 15) is 4.79 Å². The first kappa shape index (κ1) is 15.3. The van der Waals surface area contributed by atoms with Crippen LogP contribution in [0, 0.1) is 6.92 Å². The maximum Gasteiger partial charge on any atom is 0.276 e. The van der Waals surface area contributed by atoms with E-state index >= 15 is 0 Å². The second-order valence-electron chi connectivity index (χ2n) is 4.64. The van der Waals surface area contributed by atoms with Crippen LogP contribution in [0.2, 0.25) is 5.02 Å². The summed E-state index contributed by atoms with van der Waals surface area (Å²) < 4.78 is 0. The Hall–Kier alpha value is -2.14. The Morgan fingerprint density at radius 3 is 2.71 bits per heavy atom. The van der Waals surface area contributed by atoms with Crippen molar-refractivity contribution < 1.29 is 4.79 Å². The van der Waals surface area contributed by atoms with Gasteiger partial charge in [-0.25, -0.2) is 0 Å². The summed E-state index contributed by atoms with van der Waals surface area (Å²) in [5, 5.41) is 14.4. The molecule has 0 aliphatic carbocycles. The molecule has 0 saturated heterocycles. The largest absolute Gasteiger partial charge is 0.369 e. The molecule has 0 fully saturated rings. The van der Waals surface area contributed by atoms with E-state index in [0.29, 0.717) is 16.5 Å². The highest BCUT2D eigenvalue weighted by Crippen LogP contribution is 2.20. The molecule has 110 valence electrons. The number of carbonyl (C=O) groups excluding carboxylic acids is 1. The third-order valence-electron chi connectivity index (χ3n) is 2.90. The lowest BCUT2D eigenvalue weighted by Gasteiger charge is -2.08. The summed E-state index contributed by atoms with van der Waals surface area (Å²) in [5.41, 5.74) is 1.86. The Morgan fingerprint density at radius 1 is 1.24 bits per heavy atom. The van der Waals surface area contributed by atoms with Crippen LogP contribution in [-0.2, 0) is 0 Å². The van der Waals surface area contributed by atoms with E-state index in [-0.39, 0.29) is 11.6 Å². The van der Waals surface area contributed by atoms with Crippen molar-refractivity contribution >= 4 is 29.0 Å². The second kappa shape index (κ2) is 7.04. The molecule has 0 atom stereocenters. The first-order valence-electron chi connectivity index (χ1n) is 6.75. The summed E-state index contributed by atoms with van der Waals surface area (Å²) in [6.45, 7) is 4.78. The Kier molecular flexibility index (Phi) is 5.11. The number of carbonyl (C=O) groups is 1. The Bertz CT molecular complexity index is 628. The van der Waals surface area contributed by atoms with Gasteiger partial charge in [0.05, 0.1) is 0 Å². The average molecular weight is 305 g/mol. The van der Waals surface area contributed by atoms with Gasteiger partial charge in [-0.2, -0.15) is 0 Å². The number of nitrogens with zero attached hydrogens (tertiary/aromatic N) is 2. The van der Waals surface area contributed by atoms with Crippen LogP contribution in [0.15, 0.2) is 30.3 Å². The van der Waals surface area contributed by atoms with Crippen LogP contribution in [0.25, 0.3) is 0 Å². The SMILES string of the molecule is CCCNc1ccc(C(=O)Nc2cc(Cl)ccc2C)nn1. The molecule has 21 heavy (non-hydrogen) atoms. The summed E-state index contributed by atoms with van der Waals surface area (Å²) in [6, 6.07) is 8.71. The molecule has 0 unspecified atom stereocenters. The molecule has 6 heteroatoms. The Balaban J connectivity index is 2.07. The van der Waals surface area contributed by atoms with Gasteiger partial charge < -0.3 is 10.6 Å². The van der Waals surface area contributed by atoms with Crippen LogP contribution in [0.4, 0.5) is 11.5 Å². The van der Waals surface area contributed by atoms with Gasteiger partial charge in [-0.15, -0.1) is 10.2 Å². The molecule has 2 N–H and O–H groups in total. The quantitative estimate of drug-likeness (QED) is 0.887. The minimum absolute atomic E-state index is 0.261. The van der Waals surface area contributed by atoms with E-state index < -0.39 is 0 Å². The van der Waals surface area contributed by atoms with Crippen LogP contribution in [0.5, 0.6) is 0 Å². The fourth-order valence-electron chi connectivity index (χ4n) is 1.72. The average Bonchev–Trinajstić information content (AvgIpc) is 2.49. The van der Waals surface area contributed by atoms with Gasteiger partial charge in [0.25, 0.3) is 5.91 Å². The first-order valence-corrected chi connectivity index (χ1v) is 7.13. The molecule has 0 bridgehead atoms. The Labute approximate surface area is 128 Å². The molecule has 1 aromatic heterocycles. The molecular formula is C15H17ClN4O. The van der Waals surface area contributed by atoms with Gasteiger partial charge in [0.2, 0.25) is 0 Å². The molecule has 0 aliphatic rings. The number of aromatic nitrogens is 2. The lowest BCUT2D eigenvalue weighted by atomic mass is 10.2. The van der Waals surface area contributed by atoms with Crippen molar-refractivity contribution in [2.75, 3.05) is 17.2 Å². The normalized spacial score (nSPS) is 10.2. The third-order valence-corrected chi connectivity index (χ3v) is 3.14. The van der Waals surface area contributed by atoms with Crippen molar-refractivity contribution in [2.45, 2.75) is 20.3 Å².